The maximum absolute atomic E-state index is 9.78. The van der Waals surface area contributed by atoms with Crippen molar-refractivity contribution >= 4 is 0 Å². The van der Waals surface area contributed by atoms with E-state index in [2.05, 4.69) is 33.8 Å². The van der Waals surface area contributed by atoms with E-state index in [9.17, 15) is 5.11 Å². The van der Waals surface area contributed by atoms with Crippen molar-refractivity contribution in [2.24, 2.45) is 11.8 Å². The molecule has 0 aliphatic heterocycles. The molecular weight excluding hydrogens is 172 g/mol. The molecule has 0 spiro atoms. The molecule has 0 aliphatic rings. The predicted molar refractivity (Wildman–Crippen MR) is 63.3 cm³/mol. The van der Waals surface area contributed by atoms with Crippen molar-refractivity contribution in [3.63, 3.8) is 0 Å². The summed E-state index contributed by atoms with van der Waals surface area (Å²) in [4.78, 5) is 0. The Hall–Kier alpha value is -0.300. The Balaban J connectivity index is 3.84. The number of hydrogen-bond donors (Lipinski definition) is 1. The van der Waals surface area contributed by atoms with E-state index < -0.39 is 0 Å². The van der Waals surface area contributed by atoms with E-state index in [1.807, 2.05) is 6.08 Å². The van der Waals surface area contributed by atoms with E-state index in [0.29, 0.717) is 11.8 Å². The van der Waals surface area contributed by atoms with Gasteiger partial charge in [-0.05, 0) is 24.7 Å². The van der Waals surface area contributed by atoms with Crippen LogP contribution in [0.15, 0.2) is 12.2 Å². The van der Waals surface area contributed by atoms with Gasteiger partial charge in [-0.25, -0.2) is 0 Å². The van der Waals surface area contributed by atoms with E-state index >= 15 is 0 Å². The molecule has 0 fully saturated rings. The number of hydrogen-bond acceptors (Lipinski definition) is 1. The number of aliphatic hydroxyl groups is 1. The van der Waals surface area contributed by atoms with Gasteiger partial charge in [0.15, 0.2) is 0 Å². The third kappa shape index (κ3) is 6.20. The van der Waals surface area contributed by atoms with Gasteiger partial charge in [0.05, 0.1) is 6.10 Å². The van der Waals surface area contributed by atoms with E-state index in [0.717, 1.165) is 12.8 Å². The fraction of sp³-hybridized carbons (Fsp3) is 0.846. The van der Waals surface area contributed by atoms with Gasteiger partial charge >= 0.3 is 0 Å². The van der Waals surface area contributed by atoms with Crippen molar-refractivity contribution in [2.75, 3.05) is 0 Å². The van der Waals surface area contributed by atoms with E-state index in [1.165, 1.54) is 12.8 Å². The summed E-state index contributed by atoms with van der Waals surface area (Å²) in [6, 6.07) is 0. The van der Waals surface area contributed by atoms with Crippen LogP contribution < -0.4 is 0 Å². The van der Waals surface area contributed by atoms with Crippen LogP contribution in [0.2, 0.25) is 0 Å². The van der Waals surface area contributed by atoms with Crippen LogP contribution in [0.1, 0.15) is 53.4 Å². The molecule has 0 saturated carbocycles. The lowest BCUT2D eigenvalue weighted by atomic mass is 9.97. The third-order valence-corrected chi connectivity index (χ3v) is 2.71. The largest absolute Gasteiger partial charge is 0.389 e. The van der Waals surface area contributed by atoms with Crippen molar-refractivity contribution in [3.05, 3.63) is 12.2 Å². The quantitative estimate of drug-likeness (QED) is 0.617. The maximum atomic E-state index is 9.78. The molecular formula is C13H26O. The van der Waals surface area contributed by atoms with E-state index in [4.69, 9.17) is 0 Å². The Kier molecular flexibility index (Phi) is 7.87. The average Bonchev–Trinajstić information content (AvgIpc) is 2.15. The Morgan fingerprint density at radius 1 is 1.00 bits per heavy atom. The summed E-state index contributed by atoms with van der Waals surface area (Å²) in [5.74, 6) is 0.994. The van der Waals surface area contributed by atoms with Gasteiger partial charge in [0.1, 0.15) is 0 Å². The van der Waals surface area contributed by atoms with Crippen LogP contribution in [0.3, 0.4) is 0 Å². The van der Waals surface area contributed by atoms with Gasteiger partial charge < -0.3 is 5.11 Å². The molecule has 0 bridgehead atoms. The molecule has 0 amide bonds. The van der Waals surface area contributed by atoms with Crippen molar-refractivity contribution in [1.29, 1.82) is 0 Å². The van der Waals surface area contributed by atoms with Gasteiger partial charge in [-0.3, -0.25) is 0 Å². The molecule has 0 radical (unpaired) electrons. The predicted octanol–water partition coefficient (Wildman–Crippen LogP) is 3.78. The van der Waals surface area contributed by atoms with Crippen LogP contribution in [0.25, 0.3) is 0 Å². The summed E-state index contributed by atoms with van der Waals surface area (Å²) in [5.41, 5.74) is 0. The molecule has 14 heavy (non-hydrogen) atoms. The Bertz CT molecular complexity index is 151. The summed E-state index contributed by atoms with van der Waals surface area (Å²) in [7, 11) is 0. The fourth-order valence-corrected chi connectivity index (χ4v) is 1.67. The molecule has 1 heteroatoms. The Morgan fingerprint density at radius 2 is 1.57 bits per heavy atom. The van der Waals surface area contributed by atoms with Gasteiger partial charge in [0.25, 0.3) is 0 Å². The SMILES string of the molecule is CCC[C@@H](C)[C@H](O)/C=C/[C@H](C)CCC. The summed E-state index contributed by atoms with van der Waals surface area (Å²) < 4.78 is 0. The zero-order chi connectivity index (χ0) is 11.0. The second-order valence-electron chi connectivity index (χ2n) is 4.41. The fourth-order valence-electron chi connectivity index (χ4n) is 1.67. The van der Waals surface area contributed by atoms with Crippen molar-refractivity contribution in [1.82, 2.24) is 0 Å². The number of rotatable bonds is 7. The summed E-state index contributed by atoms with van der Waals surface area (Å²) in [6.07, 6.45) is 8.55. The van der Waals surface area contributed by atoms with Crippen molar-refractivity contribution in [2.45, 2.75) is 59.5 Å². The monoisotopic (exact) mass is 198 g/mol. The lowest BCUT2D eigenvalue weighted by molar-refractivity contribution is 0.155. The van der Waals surface area contributed by atoms with Crippen molar-refractivity contribution < 1.29 is 5.11 Å². The number of aliphatic hydroxyl groups excluding tert-OH is 1. The molecule has 0 unspecified atom stereocenters. The van der Waals surface area contributed by atoms with Crippen LogP contribution >= 0.6 is 0 Å². The maximum Gasteiger partial charge on any atom is 0.0746 e. The first kappa shape index (κ1) is 13.7. The van der Waals surface area contributed by atoms with E-state index in [-0.39, 0.29) is 6.10 Å². The molecule has 0 aromatic heterocycles. The van der Waals surface area contributed by atoms with Crippen LogP contribution in [-0.4, -0.2) is 11.2 Å². The highest BCUT2D eigenvalue weighted by Crippen LogP contribution is 2.13. The number of allylic oxidation sites excluding steroid dienone is 1. The molecule has 0 rings (SSSR count). The lowest BCUT2D eigenvalue weighted by Gasteiger charge is -2.14. The van der Waals surface area contributed by atoms with Gasteiger partial charge in [-0.15, -0.1) is 0 Å². The third-order valence-electron chi connectivity index (χ3n) is 2.71. The second kappa shape index (κ2) is 8.05. The summed E-state index contributed by atoms with van der Waals surface area (Å²) in [5, 5.41) is 9.78. The second-order valence-corrected chi connectivity index (χ2v) is 4.41. The highest BCUT2D eigenvalue weighted by Gasteiger charge is 2.09. The minimum atomic E-state index is -0.255. The molecule has 0 aromatic carbocycles. The summed E-state index contributed by atoms with van der Waals surface area (Å²) >= 11 is 0. The Labute approximate surface area is 89.2 Å². The van der Waals surface area contributed by atoms with Crippen molar-refractivity contribution in [3.8, 4) is 0 Å². The van der Waals surface area contributed by atoms with Gasteiger partial charge in [0.2, 0.25) is 0 Å². The molecule has 0 heterocycles. The van der Waals surface area contributed by atoms with Gasteiger partial charge in [-0.2, -0.15) is 0 Å². The Morgan fingerprint density at radius 3 is 2.07 bits per heavy atom. The highest BCUT2D eigenvalue weighted by atomic mass is 16.3. The zero-order valence-electron chi connectivity index (χ0n) is 10.2. The van der Waals surface area contributed by atoms with Crippen LogP contribution in [0, 0.1) is 11.8 Å². The normalized spacial score (nSPS) is 18.4. The van der Waals surface area contributed by atoms with Crippen LogP contribution in [0.5, 0.6) is 0 Å². The first-order chi connectivity index (χ1) is 6.61. The molecule has 0 aliphatic carbocycles. The molecule has 0 saturated heterocycles. The minimum Gasteiger partial charge on any atom is -0.389 e. The molecule has 0 aromatic rings. The van der Waals surface area contributed by atoms with E-state index in [1.54, 1.807) is 0 Å². The summed E-state index contributed by atoms with van der Waals surface area (Å²) in [6.45, 7) is 8.67. The first-order valence-corrected chi connectivity index (χ1v) is 5.98. The van der Waals surface area contributed by atoms with Crippen LogP contribution in [-0.2, 0) is 0 Å². The molecule has 84 valence electrons. The smallest absolute Gasteiger partial charge is 0.0746 e. The van der Waals surface area contributed by atoms with Crippen LogP contribution in [0.4, 0.5) is 0 Å². The highest BCUT2D eigenvalue weighted by molar-refractivity contribution is 4.93. The molecule has 1 N–H and O–H groups in total. The zero-order valence-corrected chi connectivity index (χ0v) is 10.2. The minimum absolute atomic E-state index is 0.255. The van der Waals surface area contributed by atoms with Gasteiger partial charge in [0, 0.05) is 0 Å². The van der Waals surface area contributed by atoms with Gasteiger partial charge in [-0.1, -0.05) is 52.7 Å². The first-order valence-electron chi connectivity index (χ1n) is 5.98. The molecule has 3 atom stereocenters. The molecule has 1 nitrogen and oxygen atoms in total. The lowest BCUT2D eigenvalue weighted by Crippen LogP contribution is -2.14. The topological polar surface area (TPSA) is 20.2 Å². The standard InChI is InChI=1S/C13H26O/c1-5-7-11(3)9-10-13(14)12(4)8-6-2/h9-14H,5-8H2,1-4H3/b10-9+/t11-,12-,13-/m1/s1. The average molecular weight is 198 g/mol.